The third kappa shape index (κ3) is 5.43. The number of carbonyl (C=O) groups is 1. The van der Waals surface area contributed by atoms with Crippen LogP contribution in [-0.2, 0) is 24.8 Å². The van der Waals surface area contributed by atoms with Crippen LogP contribution in [0.1, 0.15) is 5.56 Å². The van der Waals surface area contributed by atoms with Crippen LogP contribution in [0.4, 0.5) is 5.69 Å². The molecule has 0 spiro atoms. The Labute approximate surface area is 219 Å². The van der Waals surface area contributed by atoms with Crippen molar-refractivity contribution in [3.05, 3.63) is 88.0 Å². The van der Waals surface area contributed by atoms with Crippen molar-refractivity contribution in [1.82, 2.24) is 8.61 Å². The molecule has 1 N–H and O–H groups in total. The number of rotatable bonds is 6. The van der Waals surface area contributed by atoms with Crippen molar-refractivity contribution in [2.24, 2.45) is 0 Å². The molecule has 0 unspecified atom stereocenters. The number of piperazine rings is 1. The molecule has 0 saturated carbocycles. The summed E-state index contributed by atoms with van der Waals surface area (Å²) in [4.78, 5) is 13.6. The second-order valence-electron chi connectivity index (χ2n) is 8.07. The number of amides is 1. The summed E-state index contributed by atoms with van der Waals surface area (Å²) < 4.78 is 56.7. The van der Waals surface area contributed by atoms with E-state index in [1.165, 1.54) is 28.6 Å². The standard InChI is InChI=1S/C24H24IN3O5S2/c1-18-16-19(25)12-13-22(18)26-24(29)23-17-27(34(30,31)20-8-4-2-5-9-20)14-15-28(23)35(32,33)21-10-6-3-7-11-21/h2-13,16,23H,14-15,17H2,1H3,(H,26,29)/t23-/m1/s1. The Morgan fingerprint density at radius 1 is 0.857 bits per heavy atom. The quantitative estimate of drug-likeness (QED) is 0.424. The van der Waals surface area contributed by atoms with Crippen molar-refractivity contribution < 1.29 is 21.6 Å². The monoisotopic (exact) mass is 625 g/mol. The molecule has 0 aromatic heterocycles. The SMILES string of the molecule is Cc1cc(I)ccc1NC(=O)[C@H]1CN(S(=O)(=O)c2ccccc2)CCN1S(=O)(=O)c1ccccc1. The van der Waals surface area contributed by atoms with E-state index in [0.717, 1.165) is 13.4 Å². The molecule has 1 aliphatic heterocycles. The molecule has 1 aliphatic rings. The molecule has 0 radical (unpaired) electrons. The summed E-state index contributed by atoms with van der Waals surface area (Å²) in [6.45, 7) is 1.30. The maximum absolute atomic E-state index is 13.5. The Balaban J connectivity index is 1.70. The predicted molar refractivity (Wildman–Crippen MR) is 142 cm³/mol. The van der Waals surface area contributed by atoms with Gasteiger partial charge in [-0.25, -0.2) is 16.8 Å². The number of sulfonamides is 2. The summed E-state index contributed by atoms with van der Waals surface area (Å²) in [5.74, 6) is -0.596. The van der Waals surface area contributed by atoms with Gasteiger partial charge in [-0.3, -0.25) is 4.79 Å². The van der Waals surface area contributed by atoms with Crippen LogP contribution >= 0.6 is 22.6 Å². The average Bonchev–Trinajstić information content (AvgIpc) is 2.86. The van der Waals surface area contributed by atoms with Gasteiger partial charge in [-0.1, -0.05) is 36.4 Å². The van der Waals surface area contributed by atoms with Gasteiger partial charge >= 0.3 is 0 Å². The second-order valence-corrected chi connectivity index (χ2v) is 13.1. The summed E-state index contributed by atoms with van der Waals surface area (Å²) in [6, 6.07) is 19.9. The fourth-order valence-corrected chi connectivity index (χ4v) is 7.61. The van der Waals surface area contributed by atoms with Gasteiger partial charge in [0, 0.05) is 28.9 Å². The molecule has 4 rings (SSSR count). The third-order valence-electron chi connectivity index (χ3n) is 5.77. The van der Waals surface area contributed by atoms with Gasteiger partial charge in [-0.2, -0.15) is 8.61 Å². The van der Waals surface area contributed by atoms with Gasteiger partial charge in [0.25, 0.3) is 0 Å². The Morgan fingerprint density at radius 2 is 1.43 bits per heavy atom. The maximum atomic E-state index is 13.5. The van der Waals surface area contributed by atoms with E-state index in [1.807, 2.05) is 19.1 Å². The molecule has 8 nitrogen and oxygen atoms in total. The van der Waals surface area contributed by atoms with Crippen LogP contribution in [0.15, 0.2) is 88.7 Å². The molecular weight excluding hydrogens is 601 g/mol. The highest BCUT2D eigenvalue weighted by atomic mass is 127. The number of halogens is 1. The molecule has 35 heavy (non-hydrogen) atoms. The molecular formula is C24H24IN3O5S2. The van der Waals surface area contributed by atoms with Crippen molar-refractivity contribution in [2.45, 2.75) is 22.8 Å². The fraction of sp³-hybridized carbons (Fsp3) is 0.208. The van der Waals surface area contributed by atoms with Crippen LogP contribution in [0.5, 0.6) is 0 Å². The third-order valence-corrected chi connectivity index (χ3v) is 10.2. The average molecular weight is 626 g/mol. The topological polar surface area (TPSA) is 104 Å². The van der Waals surface area contributed by atoms with E-state index in [9.17, 15) is 21.6 Å². The fourth-order valence-electron chi connectivity index (χ4n) is 3.91. The molecule has 184 valence electrons. The number of hydrogen-bond acceptors (Lipinski definition) is 5. The minimum absolute atomic E-state index is 0.0441. The van der Waals surface area contributed by atoms with Gasteiger partial charge in [-0.15, -0.1) is 0 Å². The lowest BCUT2D eigenvalue weighted by atomic mass is 10.1. The van der Waals surface area contributed by atoms with E-state index in [1.54, 1.807) is 42.5 Å². The van der Waals surface area contributed by atoms with E-state index in [-0.39, 0.29) is 29.4 Å². The van der Waals surface area contributed by atoms with Crippen LogP contribution in [0.25, 0.3) is 0 Å². The minimum Gasteiger partial charge on any atom is -0.324 e. The highest BCUT2D eigenvalue weighted by molar-refractivity contribution is 14.1. The largest absolute Gasteiger partial charge is 0.324 e. The Kier molecular flexibility index (Phi) is 7.62. The summed E-state index contributed by atoms with van der Waals surface area (Å²) in [5.41, 5.74) is 1.35. The van der Waals surface area contributed by atoms with Crippen molar-refractivity contribution in [3.63, 3.8) is 0 Å². The first-order chi connectivity index (χ1) is 16.6. The first-order valence-electron chi connectivity index (χ1n) is 10.8. The van der Waals surface area contributed by atoms with Crippen LogP contribution < -0.4 is 5.32 Å². The van der Waals surface area contributed by atoms with Crippen LogP contribution in [0.2, 0.25) is 0 Å². The molecule has 1 atom stereocenters. The molecule has 0 bridgehead atoms. The highest BCUT2D eigenvalue weighted by Crippen LogP contribution is 2.27. The van der Waals surface area contributed by atoms with Gasteiger partial charge in [0.05, 0.1) is 9.79 Å². The summed E-state index contributed by atoms with van der Waals surface area (Å²) in [6.07, 6.45) is 0. The maximum Gasteiger partial charge on any atom is 0.244 e. The van der Waals surface area contributed by atoms with E-state index in [4.69, 9.17) is 0 Å². The molecule has 3 aromatic carbocycles. The van der Waals surface area contributed by atoms with E-state index in [0.29, 0.717) is 5.69 Å². The lowest BCUT2D eigenvalue weighted by Gasteiger charge is -2.39. The number of anilines is 1. The van der Waals surface area contributed by atoms with Gasteiger partial charge < -0.3 is 5.32 Å². The highest BCUT2D eigenvalue weighted by Gasteiger charge is 2.43. The molecule has 1 saturated heterocycles. The van der Waals surface area contributed by atoms with Crippen molar-refractivity contribution in [1.29, 1.82) is 0 Å². The van der Waals surface area contributed by atoms with Gasteiger partial charge in [0.15, 0.2) is 0 Å². The zero-order valence-corrected chi connectivity index (χ0v) is 22.6. The van der Waals surface area contributed by atoms with Gasteiger partial charge in [0.2, 0.25) is 26.0 Å². The second kappa shape index (κ2) is 10.3. The number of carbonyl (C=O) groups excluding carboxylic acids is 1. The van der Waals surface area contributed by atoms with E-state index in [2.05, 4.69) is 27.9 Å². The molecule has 0 aliphatic carbocycles. The number of aryl methyl sites for hydroxylation is 1. The number of hydrogen-bond donors (Lipinski definition) is 1. The molecule has 1 heterocycles. The van der Waals surface area contributed by atoms with Gasteiger partial charge in [0.1, 0.15) is 6.04 Å². The first-order valence-corrected chi connectivity index (χ1v) is 14.8. The molecule has 11 heteroatoms. The normalized spacial score (nSPS) is 17.7. The van der Waals surface area contributed by atoms with Crippen molar-refractivity contribution in [2.75, 3.05) is 25.0 Å². The Hall–Kier alpha value is -2.32. The summed E-state index contributed by atoms with van der Waals surface area (Å²) in [7, 11) is -7.97. The smallest absolute Gasteiger partial charge is 0.244 e. The van der Waals surface area contributed by atoms with Gasteiger partial charge in [-0.05, 0) is 77.5 Å². The van der Waals surface area contributed by atoms with Crippen molar-refractivity contribution >= 4 is 54.2 Å². The number of benzene rings is 3. The number of nitrogens with one attached hydrogen (secondary N) is 1. The predicted octanol–water partition coefficient (Wildman–Crippen LogP) is 3.30. The van der Waals surface area contributed by atoms with Crippen LogP contribution in [0.3, 0.4) is 0 Å². The zero-order valence-electron chi connectivity index (χ0n) is 18.8. The van der Waals surface area contributed by atoms with Crippen LogP contribution in [-0.4, -0.2) is 57.0 Å². The van der Waals surface area contributed by atoms with Crippen molar-refractivity contribution in [3.8, 4) is 0 Å². The molecule has 1 amide bonds. The summed E-state index contributed by atoms with van der Waals surface area (Å²) >= 11 is 2.16. The first kappa shape index (κ1) is 25.8. The summed E-state index contributed by atoms with van der Waals surface area (Å²) in [5, 5.41) is 2.80. The molecule has 3 aromatic rings. The van der Waals surface area contributed by atoms with E-state index >= 15 is 0 Å². The van der Waals surface area contributed by atoms with Crippen LogP contribution in [0, 0.1) is 10.5 Å². The Morgan fingerprint density at radius 3 is 2.00 bits per heavy atom. The lowest BCUT2D eigenvalue weighted by Crippen LogP contribution is -2.60. The molecule has 1 fully saturated rings. The van der Waals surface area contributed by atoms with E-state index < -0.39 is 32.0 Å². The minimum atomic E-state index is -4.05. The lowest BCUT2D eigenvalue weighted by molar-refractivity contribution is -0.120. The Bertz CT molecular complexity index is 1430. The zero-order chi connectivity index (χ0) is 25.2. The number of nitrogens with zero attached hydrogens (tertiary/aromatic N) is 2.